The minimum atomic E-state index is -0.524. The summed E-state index contributed by atoms with van der Waals surface area (Å²) in [7, 11) is 0. The summed E-state index contributed by atoms with van der Waals surface area (Å²) in [4.78, 5) is 28.2. The second-order valence-corrected chi connectivity index (χ2v) is 5.72. The molecule has 114 valence electrons. The van der Waals surface area contributed by atoms with Crippen molar-refractivity contribution in [3.63, 3.8) is 0 Å². The lowest BCUT2D eigenvalue weighted by atomic mass is 10.0. The maximum atomic E-state index is 12.3. The molecule has 0 radical (unpaired) electrons. The second kappa shape index (κ2) is 5.46. The Labute approximate surface area is 131 Å². The van der Waals surface area contributed by atoms with Crippen LogP contribution in [0.4, 0.5) is 0 Å². The average molecular weight is 320 g/mol. The van der Waals surface area contributed by atoms with Crippen LogP contribution in [0.5, 0.6) is 0 Å². The van der Waals surface area contributed by atoms with Crippen molar-refractivity contribution >= 4 is 28.6 Å². The number of amides is 1. The SMILES string of the molecule is NC(N)=NC(=O)c1cc2c([ClH+])ccc3c2n1CCCCC3=O. The first-order valence-electron chi connectivity index (χ1n) is 6.99. The van der Waals surface area contributed by atoms with E-state index in [0.717, 1.165) is 18.2 Å². The van der Waals surface area contributed by atoms with Crippen LogP contribution < -0.4 is 11.5 Å². The van der Waals surface area contributed by atoms with Crippen molar-refractivity contribution in [1.82, 2.24) is 4.57 Å². The molecule has 2 heterocycles. The molecule has 1 aromatic heterocycles. The minimum absolute atomic E-state index is 0.0693. The van der Waals surface area contributed by atoms with E-state index < -0.39 is 5.91 Å². The number of aliphatic imine (C=N–C) groups is 1. The van der Waals surface area contributed by atoms with Crippen LogP contribution in [0.2, 0.25) is 5.02 Å². The van der Waals surface area contributed by atoms with Crippen molar-refractivity contribution in [2.75, 3.05) is 0 Å². The zero-order valence-corrected chi connectivity index (χ0v) is 12.7. The highest BCUT2D eigenvalue weighted by atomic mass is 35.5. The van der Waals surface area contributed by atoms with Crippen LogP contribution in [0.25, 0.3) is 10.9 Å². The normalized spacial score (nSPS) is 14.5. The molecule has 1 amide bonds. The van der Waals surface area contributed by atoms with E-state index in [0.29, 0.717) is 34.8 Å². The van der Waals surface area contributed by atoms with E-state index in [1.165, 1.54) is 0 Å². The number of guanidine groups is 1. The molecule has 0 bridgehead atoms. The number of hydrogen-bond donors (Lipinski definition) is 2. The first-order valence-corrected chi connectivity index (χ1v) is 7.40. The van der Waals surface area contributed by atoms with Crippen LogP contribution >= 0.6 is 0 Å². The van der Waals surface area contributed by atoms with Crippen molar-refractivity contribution in [3.8, 4) is 0 Å². The molecule has 0 saturated carbocycles. The molecule has 1 aromatic carbocycles. The molecular formula is C15H16ClN4O2+. The van der Waals surface area contributed by atoms with Crippen LogP contribution in [0.1, 0.15) is 40.1 Å². The molecular weight excluding hydrogens is 304 g/mol. The average Bonchev–Trinajstić information content (AvgIpc) is 2.81. The smallest absolute Gasteiger partial charge is 0.296 e. The van der Waals surface area contributed by atoms with E-state index in [9.17, 15) is 9.59 Å². The van der Waals surface area contributed by atoms with Crippen molar-refractivity contribution in [1.29, 1.82) is 0 Å². The Morgan fingerprint density at radius 3 is 2.77 bits per heavy atom. The highest BCUT2D eigenvalue weighted by Crippen LogP contribution is 2.31. The maximum Gasteiger partial charge on any atom is 0.296 e. The Bertz CT molecular complexity index is 819. The second-order valence-electron chi connectivity index (χ2n) is 5.28. The molecule has 0 saturated heterocycles. The van der Waals surface area contributed by atoms with Gasteiger partial charge in [-0.05, 0) is 25.0 Å². The molecule has 4 N–H and O–H groups in total. The Balaban J connectivity index is 2.33. The lowest BCUT2D eigenvalue weighted by Crippen LogP contribution is -2.25. The Morgan fingerprint density at radius 2 is 2.05 bits per heavy atom. The molecule has 0 fully saturated rings. The fourth-order valence-electron chi connectivity index (χ4n) is 2.85. The van der Waals surface area contributed by atoms with Gasteiger partial charge >= 0.3 is 0 Å². The van der Waals surface area contributed by atoms with Crippen molar-refractivity contribution in [2.24, 2.45) is 16.5 Å². The summed E-state index contributed by atoms with van der Waals surface area (Å²) in [6, 6.07) is 5.14. The number of carbonyl (C=O) groups excluding carboxylic acids is 2. The summed E-state index contributed by atoms with van der Waals surface area (Å²) in [5.41, 5.74) is 12.3. The largest absolute Gasteiger partial charge is 0.370 e. The third-order valence-corrected chi connectivity index (χ3v) is 4.16. The summed E-state index contributed by atoms with van der Waals surface area (Å²) in [6.07, 6.45) is 2.09. The minimum Gasteiger partial charge on any atom is -0.370 e. The number of halogens is 1. The van der Waals surface area contributed by atoms with Crippen LogP contribution in [-0.2, 0) is 6.54 Å². The quantitative estimate of drug-likeness (QED) is 0.607. The fourth-order valence-corrected chi connectivity index (χ4v) is 3.08. The standard InChI is InChI=1S/C15H15ClN4O2/c16-10-5-4-8-12(21)3-1-2-6-20-11(7-9(10)13(8)20)14(22)19-15(17)18/h4-5,7,16H,1-3,6H2,(H3-,17,18,19,22)/p+1. The summed E-state index contributed by atoms with van der Waals surface area (Å²) < 4.78 is 1.81. The van der Waals surface area contributed by atoms with E-state index in [2.05, 4.69) is 4.99 Å². The van der Waals surface area contributed by atoms with Crippen LogP contribution in [0.15, 0.2) is 23.2 Å². The fraction of sp³-hybridized carbons (Fsp3) is 0.267. The van der Waals surface area contributed by atoms with E-state index in [-0.39, 0.29) is 11.7 Å². The van der Waals surface area contributed by atoms with E-state index in [4.69, 9.17) is 23.1 Å². The van der Waals surface area contributed by atoms with Crippen LogP contribution in [0.3, 0.4) is 0 Å². The first kappa shape index (κ1) is 14.6. The maximum absolute atomic E-state index is 12.3. The lowest BCUT2D eigenvalue weighted by molar-refractivity contribution is -0.286. The van der Waals surface area contributed by atoms with Gasteiger partial charge in [-0.15, -0.1) is 0 Å². The third kappa shape index (κ3) is 2.35. The van der Waals surface area contributed by atoms with Gasteiger partial charge in [0.2, 0.25) is 5.02 Å². The number of carbonyl (C=O) groups is 2. The highest BCUT2D eigenvalue weighted by molar-refractivity contribution is 6.11. The molecule has 22 heavy (non-hydrogen) atoms. The molecule has 7 heteroatoms. The van der Waals surface area contributed by atoms with Gasteiger partial charge in [-0.25, -0.2) is 0 Å². The molecule has 0 unspecified atom stereocenters. The third-order valence-electron chi connectivity index (χ3n) is 3.80. The zero-order valence-electron chi connectivity index (χ0n) is 11.8. The number of benzene rings is 1. The number of aromatic nitrogens is 1. The van der Waals surface area contributed by atoms with Crippen LogP contribution in [-0.4, -0.2) is 22.2 Å². The number of aryl methyl sites for hydroxylation is 1. The molecule has 3 rings (SSSR count). The van der Waals surface area contributed by atoms with Gasteiger partial charge in [0.15, 0.2) is 23.3 Å². The Hall–Kier alpha value is -2.34. The van der Waals surface area contributed by atoms with E-state index in [1.54, 1.807) is 18.2 Å². The summed E-state index contributed by atoms with van der Waals surface area (Å²) in [5, 5.41) is 1.32. The predicted octanol–water partition coefficient (Wildman–Crippen LogP) is 1.12. The van der Waals surface area contributed by atoms with E-state index in [1.807, 2.05) is 4.57 Å². The molecule has 1 aliphatic heterocycles. The molecule has 2 aromatic rings. The molecule has 1 aliphatic rings. The number of nitrogens with zero attached hydrogens (tertiary/aromatic N) is 2. The molecule has 0 aliphatic carbocycles. The van der Waals surface area contributed by atoms with Crippen molar-refractivity contribution < 1.29 is 21.2 Å². The summed E-state index contributed by atoms with van der Waals surface area (Å²) in [5.74, 6) is -0.742. The molecule has 0 atom stereocenters. The Kier molecular flexibility index (Phi) is 3.62. The number of ketones is 1. The summed E-state index contributed by atoms with van der Waals surface area (Å²) in [6.45, 7) is 0.629. The van der Waals surface area contributed by atoms with Gasteiger partial charge in [0.25, 0.3) is 5.91 Å². The van der Waals surface area contributed by atoms with Gasteiger partial charge in [0, 0.05) is 24.6 Å². The van der Waals surface area contributed by atoms with E-state index >= 15 is 0 Å². The van der Waals surface area contributed by atoms with Crippen molar-refractivity contribution in [2.45, 2.75) is 25.8 Å². The zero-order chi connectivity index (χ0) is 15.9. The number of nitrogens with two attached hydrogens (primary N) is 2. The lowest BCUT2D eigenvalue weighted by Gasteiger charge is -2.14. The van der Waals surface area contributed by atoms with Gasteiger partial charge in [0.1, 0.15) is 5.69 Å². The molecule has 0 spiro atoms. The number of rotatable bonds is 1. The number of hydrogen-bond acceptors (Lipinski definition) is 2. The monoisotopic (exact) mass is 319 g/mol. The summed E-state index contributed by atoms with van der Waals surface area (Å²) >= 11 is 5.33. The molecule has 6 nitrogen and oxygen atoms in total. The Morgan fingerprint density at radius 1 is 1.27 bits per heavy atom. The number of Topliss-reactive ketones (excluding diaryl/α,β-unsaturated/α-hetero) is 1. The van der Waals surface area contributed by atoms with Gasteiger partial charge in [0.05, 0.1) is 10.9 Å². The topological polar surface area (TPSA) is 103 Å². The highest BCUT2D eigenvalue weighted by Gasteiger charge is 2.25. The van der Waals surface area contributed by atoms with Gasteiger partial charge < -0.3 is 16.0 Å². The van der Waals surface area contributed by atoms with Crippen LogP contribution in [0, 0.1) is 11.6 Å². The van der Waals surface area contributed by atoms with Gasteiger partial charge in [-0.1, -0.05) is 0 Å². The predicted molar refractivity (Wildman–Crippen MR) is 80.8 cm³/mol. The van der Waals surface area contributed by atoms with Gasteiger partial charge in [-0.3, -0.25) is 9.59 Å². The van der Waals surface area contributed by atoms with Gasteiger partial charge in [-0.2, -0.15) is 4.99 Å². The first-order chi connectivity index (χ1) is 10.5. The van der Waals surface area contributed by atoms with Crippen molar-refractivity contribution in [3.05, 3.63) is 34.5 Å².